The molecular formula is C22H35N3O3. The maximum atomic E-state index is 13.2. The average Bonchev–Trinajstić information content (AvgIpc) is 2.74. The fourth-order valence-corrected chi connectivity index (χ4v) is 4.75. The summed E-state index contributed by atoms with van der Waals surface area (Å²) in [7, 11) is 0. The second-order valence-corrected chi connectivity index (χ2v) is 8.35. The average molecular weight is 390 g/mol. The molecule has 156 valence electrons. The number of piperidine rings is 1. The van der Waals surface area contributed by atoms with Gasteiger partial charge < -0.3 is 14.5 Å². The van der Waals surface area contributed by atoms with Crippen LogP contribution in [0, 0.1) is 18.3 Å². The summed E-state index contributed by atoms with van der Waals surface area (Å²) >= 11 is 0. The van der Waals surface area contributed by atoms with Crippen molar-refractivity contribution in [1.29, 1.82) is 0 Å². The highest BCUT2D eigenvalue weighted by molar-refractivity contribution is 5.84. The standard InChI is InChI=1S/C22H35N3O3/c1-2-11-25(20-7-4-3-5-8-20)22(27)19-9-10-21(26)24(18-19)13-6-12-23-14-16-28-17-15-23/h1,19-20H,3-18H2/t19-/m1/s1. The Morgan fingerprint density at radius 1 is 1.14 bits per heavy atom. The van der Waals surface area contributed by atoms with Crippen LogP contribution in [0.3, 0.4) is 0 Å². The molecule has 28 heavy (non-hydrogen) atoms. The van der Waals surface area contributed by atoms with Crippen molar-refractivity contribution in [3.8, 4) is 12.3 Å². The van der Waals surface area contributed by atoms with Gasteiger partial charge in [0, 0.05) is 45.2 Å². The predicted molar refractivity (Wildman–Crippen MR) is 109 cm³/mol. The first-order chi connectivity index (χ1) is 13.7. The number of carbonyl (C=O) groups excluding carboxylic acids is 2. The summed E-state index contributed by atoms with van der Waals surface area (Å²) in [5.41, 5.74) is 0. The molecule has 6 nitrogen and oxygen atoms in total. The van der Waals surface area contributed by atoms with Gasteiger partial charge in [-0.2, -0.15) is 0 Å². The minimum absolute atomic E-state index is 0.101. The summed E-state index contributed by atoms with van der Waals surface area (Å²) in [6, 6.07) is 0.282. The first kappa shape index (κ1) is 21.1. The van der Waals surface area contributed by atoms with E-state index in [0.717, 1.165) is 58.7 Å². The fraction of sp³-hybridized carbons (Fsp3) is 0.818. The molecule has 1 saturated carbocycles. The highest BCUT2D eigenvalue weighted by atomic mass is 16.5. The van der Waals surface area contributed by atoms with Gasteiger partial charge in [0.1, 0.15) is 0 Å². The summed E-state index contributed by atoms with van der Waals surface area (Å²) < 4.78 is 5.38. The van der Waals surface area contributed by atoms with Crippen LogP contribution >= 0.6 is 0 Å². The zero-order valence-corrected chi connectivity index (χ0v) is 17.1. The molecule has 0 radical (unpaired) electrons. The molecule has 0 unspecified atom stereocenters. The Bertz CT molecular complexity index is 562. The van der Waals surface area contributed by atoms with Crippen LogP contribution in [0.4, 0.5) is 0 Å². The number of likely N-dealkylation sites (tertiary alicyclic amines) is 1. The molecule has 0 bridgehead atoms. The molecule has 3 rings (SSSR count). The van der Waals surface area contributed by atoms with Gasteiger partial charge in [-0.1, -0.05) is 25.2 Å². The van der Waals surface area contributed by atoms with Crippen molar-refractivity contribution in [2.45, 2.75) is 57.4 Å². The Kier molecular flexibility index (Phi) is 8.17. The largest absolute Gasteiger partial charge is 0.379 e. The highest BCUT2D eigenvalue weighted by Crippen LogP contribution is 2.26. The van der Waals surface area contributed by atoms with Crippen LogP contribution in [-0.4, -0.2) is 85.0 Å². The second kappa shape index (κ2) is 10.8. The van der Waals surface area contributed by atoms with E-state index in [1.165, 1.54) is 19.3 Å². The molecule has 6 heteroatoms. The van der Waals surface area contributed by atoms with Crippen molar-refractivity contribution in [2.75, 3.05) is 52.5 Å². The molecule has 0 aromatic carbocycles. The number of terminal acetylenes is 1. The van der Waals surface area contributed by atoms with Crippen LogP contribution in [-0.2, 0) is 14.3 Å². The molecule has 2 amide bonds. The number of amides is 2. The van der Waals surface area contributed by atoms with Gasteiger partial charge in [-0.3, -0.25) is 14.5 Å². The molecule has 1 aliphatic carbocycles. The number of hydrogen-bond donors (Lipinski definition) is 0. The highest BCUT2D eigenvalue weighted by Gasteiger charge is 2.35. The zero-order chi connectivity index (χ0) is 19.8. The summed E-state index contributed by atoms with van der Waals surface area (Å²) in [5.74, 6) is 2.93. The van der Waals surface area contributed by atoms with E-state index in [4.69, 9.17) is 11.2 Å². The first-order valence-electron chi connectivity index (χ1n) is 11.0. The van der Waals surface area contributed by atoms with Crippen molar-refractivity contribution in [1.82, 2.24) is 14.7 Å². The van der Waals surface area contributed by atoms with E-state index in [1.54, 1.807) is 0 Å². The normalized spacial score (nSPS) is 24.8. The topological polar surface area (TPSA) is 53.1 Å². The molecule has 2 heterocycles. The first-order valence-corrected chi connectivity index (χ1v) is 11.0. The van der Waals surface area contributed by atoms with Crippen LogP contribution in [0.5, 0.6) is 0 Å². The van der Waals surface area contributed by atoms with Gasteiger partial charge in [0.15, 0.2) is 0 Å². The van der Waals surface area contributed by atoms with E-state index in [9.17, 15) is 9.59 Å². The molecule has 1 atom stereocenters. The fourth-order valence-electron chi connectivity index (χ4n) is 4.75. The van der Waals surface area contributed by atoms with E-state index < -0.39 is 0 Å². The molecular weight excluding hydrogens is 354 g/mol. The Morgan fingerprint density at radius 2 is 1.89 bits per heavy atom. The lowest BCUT2D eigenvalue weighted by Crippen LogP contribution is -2.50. The van der Waals surface area contributed by atoms with Crippen LogP contribution in [0.2, 0.25) is 0 Å². The van der Waals surface area contributed by atoms with Gasteiger partial charge >= 0.3 is 0 Å². The Labute approximate surface area is 169 Å². The Balaban J connectivity index is 1.51. The van der Waals surface area contributed by atoms with Crippen molar-refractivity contribution in [3.63, 3.8) is 0 Å². The third-order valence-corrected chi connectivity index (χ3v) is 6.42. The smallest absolute Gasteiger partial charge is 0.228 e. The van der Waals surface area contributed by atoms with Gasteiger partial charge in [-0.25, -0.2) is 0 Å². The van der Waals surface area contributed by atoms with E-state index in [2.05, 4.69) is 10.8 Å². The van der Waals surface area contributed by atoms with Crippen LogP contribution in [0.1, 0.15) is 51.4 Å². The summed E-state index contributed by atoms with van der Waals surface area (Å²) in [5, 5.41) is 0. The maximum absolute atomic E-state index is 13.2. The molecule has 3 aliphatic rings. The monoisotopic (exact) mass is 389 g/mol. The molecule has 2 saturated heterocycles. The second-order valence-electron chi connectivity index (χ2n) is 8.35. The molecule has 0 N–H and O–H groups in total. The molecule has 3 fully saturated rings. The van der Waals surface area contributed by atoms with Crippen molar-refractivity contribution >= 4 is 11.8 Å². The van der Waals surface area contributed by atoms with Gasteiger partial charge in [0.2, 0.25) is 11.8 Å². The lowest BCUT2D eigenvalue weighted by atomic mass is 9.91. The predicted octanol–water partition coefficient (Wildman–Crippen LogP) is 1.74. The molecule has 2 aliphatic heterocycles. The summed E-state index contributed by atoms with van der Waals surface area (Å²) in [6.07, 6.45) is 13.4. The van der Waals surface area contributed by atoms with Crippen LogP contribution in [0.25, 0.3) is 0 Å². The lowest BCUT2D eigenvalue weighted by molar-refractivity contribution is -0.144. The SMILES string of the molecule is C#CCN(C(=O)[C@@H]1CCC(=O)N(CCCN2CCOCC2)C1)C1CCCCC1. The minimum Gasteiger partial charge on any atom is -0.379 e. The van der Waals surface area contributed by atoms with Gasteiger partial charge in [-0.15, -0.1) is 6.42 Å². The van der Waals surface area contributed by atoms with E-state index in [-0.39, 0.29) is 23.8 Å². The molecule has 0 aromatic heterocycles. The van der Waals surface area contributed by atoms with Crippen molar-refractivity contribution in [3.05, 3.63) is 0 Å². The van der Waals surface area contributed by atoms with E-state index in [1.807, 2.05) is 9.80 Å². The lowest BCUT2D eigenvalue weighted by Gasteiger charge is -2.38. The quantitative estimate of drug-likeness (QED) is 0.623. The summed E-state index contributed by atoms with van der Waals surface area (Å²) in [4.78, 5) is 31.8. The van der Waals surface area contributed by atoms with E-state index >= 15 is 0 Å². The van der Waals surface area contributed by atoms with E-state index in [0.29, 0.717) is 25.9 Å². The van der Waals surface area contributed by atoms with Gasteiger partial charge in [0.25, 0.3) is 0 Å². The van der Waals surface area contributed by atoms with Crippen molar-refractivity contribution < 1.29 is 14.3 Å². The number of ether oxygens (including phenoxy) is 1. The zero-order valence-electron chi connectivity index (χ0n) is 17.1. The third-order valence-electron chi connectivity index (χ3n) is 6.42. The van der Waals surface area contributed by atoms with Gasteiger partial charge in [0.05, 0.1) is 25.7 Å². The number of hydrogen-bond acceptors (Lipinski definition) is 4. The van der Waals surface area contributed by atoms with Gasteiger partial charge in [-0.05, 0) is 25.7 Å². The molecule has 0 spiro atoms. The Morgan fingerprint density at radius 3 is 2.61 bits per heavy atom. The number of carbonyl (C=O) groups is 2. The maximum Gasteiger partial charge on any atom is 0.228 e. The summed E-state index contributed by atoms with van der Waals surface area (Å²) in [6.45, 7) is 6.20. The third kappa shape index (κ3) is 5.71. The minimum atomic E-state index is -0.101. The Hall–Kier alpha value is -1.58. The number of nitrogens with zero attached hydrogens (tertiary/aromatic N) is 3. The van der Waals surface area contributed by atoms with Crippen LogP contribution < -0.4 is 0 Å². The van der Waals surface area contributed by atoms with Crippen molar-refractivity contribution in [2.24, 2.45) is 5.92 Å². The number of rotatable bonds is 7. The van der Waals surface area contributed by atoms with Crippen LogP contribution in [0.15, 0.2) is 0 Å². The molecule has 0 aromatic rings. The number of morpholine rings is 1.